The monoisotopic (exact) mass is 328 g/mol. The molecule has 0 saturated carbocycles. The summed E-state index contributed by atoms with van der Waals surface area (Å²) in [5, 5.41) is 0.458. The summed E-state index contributed by atoms with van der Waals surface area (Å²) in [7, 11) is 0. The van der Waals surface area contributed by atoms with Gasteiger partial charge in [-0.1, -0.05) is 11.6 Å². The highest BCUT2D eigenvalue weighted by Crippen LogP contribution is 2.31. The molecule has 3 N–H and O–H groups in total. The van der Waals surface area contributed by atoms with Gasteiger partial charge < -0.3 is 5.73 Å². The zero-order chi connectivity index (χ0) is 16.3. The van der Waals surface area contributed by atoms with Crippen LogP contribution in [0.2, 0.25) is 5.02 Å². The van der Waals surface area contributed by atoms with Crippen LogP contribution in [0.4, 0.5) is 13.2 Å². The Morgan fingerprint density at radius 3 is 2.41 bits per heavy atom. The van der Waals surface area contributed by atoms with Crippen LogP contribution in [0, 0.1) is 0 Å². The predicted octanol–water partition coefficient (Wildman–Crippen LogP) is 2.72. The summed E-state index contributed by atoms with van der Waals surface area (Å²) >= 11 is 5.71. The first kappa shape index (κ1) is 16.0. The van der Waals surface area contributed by atoms with Crippen molar-refractivity contribution in [3.63, 3.8) is 0 Å². The van der Waals surface area contributed by atoms with Crippen LogP contribution in [0.5, 0.6) is 0 Å². The number of rotatable bonds is 2. The van der Waals surface area contributed by atoms with Crippen LogP contribution in [0.25, 0.3) is 0 Å². The lowest BCUT2D eigenvalue weighted by Crippen LogP contribution is -2.20. The standard InChI is InChI=1S/C14H9ClF3N3O/c15-9-3-1-8(2-4-9)12(19)21-13(22)10-7-20-6-5-11(10)14(16,17)18/h1-7H,(H2,19,21,22)/p+1. The summed E-state index contributed by atoms with van der Waals surface area (Å²) in [5.41, 5.74) is 4.33. The van der Waals surface area contributed by atoms with Crippen molar-refractivity contribution in [2.45, 2.75) is 6.18 Å². The second-order valence-corrected chi connectivity index (χ2v) is 4.71. The second-order valence-electron chi connectivity index (χ2n) is 4.28. The van der Waals surface area contributed by atoms with Crippen molar-refractivity contribution in [1.29, 1.82) is 0 Å². The largest absolute Gasteiger partial charge is 0.417 e. The number of H-pyrrole nitrogens is 1. The van der Waals surface area contributed by atoms with Gasteiger partial charge >= 0.3 is 6.18 Å². The molecule has 2 rings (SSSR count). The van der Waals surface area contributed by atoms with Gasteiger partial charge in [0, 0.05) is 16.7 Å². The number of carbonyl (C=O) groups excluding carboxylic acids is 1. The van der Waals surface area contributed by atoms with E-state index in [9.17, 15) is 18.0 Å². The van der Waals surface area contributed by atoms with E-state index in [4.69, 9.17) is 17.3 Å². The fourth-order valence-electron chi connectivity index (χ4n) is 1.71. The van der Waals surface area contributed by atoms with E-state index in [-0.39, 0.29) is 5.84 Å². The minimum atomic E-state index is -4.66. The number of nitrogens with one attached hydrogen (secondary N) is 1. The Morgan fingerprint density at radius 2 is 1.82 bits per heavy atom. The SMILES string of the molecule is NC(=NC(=O)c1c[nH+]ccc1C(F)(F)F)c1ccc(Cl)cc1. The first-order chi connectivity index (χ1) is 10.3. The molecule has 0 fully saturated rings. The van der Waals surface area contributed by atoms with Gasteiger partial charge in [-0.15, -0.1) is 0 Å². The Labute approximate surface area is 128 Å². The van der Waals surface area contributed by atoms with Gasteiger partial charge in [0.1, 0.15) is 11.4 Å². The van der Waals surface area contributed by atoms with E-state index >= 15 is 0 Å². The molecule has 22 heavy (non-hydrogen) atoms. The van der Waals surface area contributed by atoms with Crippen LogP contribution < -0.4 is 10.7 Å². The van der Waals surface area contributed by atoms with Gasteiger partial charge in [0.2, 0.25) is 0 Å². The Balaban J connectivity index is 2.37. The molecule has 0 aliphatic heterocycles. The van der Waals surface area contributed by atoms with Crippen LogP contribution >= 0.6 is 11.6 Å². The number of nitrogens with zero attached hydrogens (tertiary/aromatic N) is 1. The molecule has 0 bridgehead atoms. The van der Waals surface area contributed by atoms with E-state index in [1.807, 2.05) is 0 Å². The molecule has 1 aromatic heterocycles. The van der Waals surface area contributed by atoms with Crippen LogP contribution in [-0.2, 0) is 6.18 Å². The highest BCUT2D eigenvalue weighted by atomic mass is 35.5. The lowest BCUT2D eigenvalue weighted by atomic mass is 10.1. The van der Waals surface area contributed by atoms with E-state index in [1.165, 1.54) is 24.3 Å². The topological polar surface area (TPSA) is 69.6 Å². The minimum absolute atomic E-state index is 0.196. The molecule has 0 aliphatic carbocycles. The van der Waals surface area contributed by atoms with E-state index in [0.29, 0.717) is 10.6 Å². The van der Waals surface area contributed by atoms with Crippen molar-refractivity contribution in [2.75, 3.05) is 0 Å². The van der Waals surface area contributed by atoms with Gasteiger partial charge in [0.05, 0.1) is 5.56 Å². The molecule has 0 saturated heterocycles. The van der Waals surface area contributed by atoms with Crippen molar-refractivity contribution in [3.05, 3.63) is 64.4 Å². The van der Waals surface area contributed by atoms with E-state index in [1.54, 1.807) is 0 Å². The number of halogens is 4. The van der Waals surface area contributed by atoms with Crippen molar-refractivity contribution in [2.24, 2.45) is 10.7 Å². The summed E-state index contributed by atoms with van der Waals surface area (Å²) in [6, 6.07) is 6.84. The highest BCUT2D eigenvalue weighted by molar-refractivity contribution is 6.30. The van der Waals surface area contributed by atoms with Crippen LogP contribution in [-0.4, -0.2) is 11.7 Å². The van der Waals surface area contributed by atoms with Crippen molar-refractivity contribution >= 4 is 23.3 Å². The van der Waals surface area contributed by atoms with Gasteiger partial charge in [0.25, 0.3) is 5.91 Å². The third-order valence-corrected chi connectivity index (χ3v) is 3.01. The molecule has 0 atom stereocenters. The average Bonchev–Trinajstić information content (AvgIpc) is 2.47. The molecule has 1 heterocycles. The first-order valence-electron chi connectivity index (χ1n) is 6.01. The number of aromatic amines is 1. The smallest absolute Gasteiger partial charge is 0.383 e. The number of hydrogen-bond donors (Lipinski definition) is 1. The summed E-state index contributed by atoms with van der Waals surface area (Å²) in [4.78, 5) is 17.9. The molecule has 2 aromatic rings. The Bertz CT molecular complexity index is 727. The molecule has 0 spiro atoms. The number of benzene rings is 1. The fraction of sp³-hybridized carbons (Fsp3) is 0.0714. The number of amides is 1. The lowest BCUT2D eigenvalue weighted by Gasteiger charge is -2.08. The third-order valence-electron chi connectivity index (χ3n) is 2.76. The maximum absolute atomic E-state index is 12.9. The molecular weight excluding hydrogens is 319 g/mol. The van der Waals surface area contributed by atoms with Gasteiger partial charge in [0.15, 0.2) is 12.4 Å². The van der Waals surface area contributed by atoms with Crippen LogP contribution in [0.3, 0.4) is 0 Å². The number of hydrogen-bond acceptors (Lipinski definition) is 1. The highest BCUT2D eigenvalue weighted by Gasteiger charge is 2.36. The van der Waals surface area contributed by atoms with E-state index in [2.05, 4.69) is 9.98 Å². The number of alkyl halides is 3. The van der Waals surface area contributed by atoms with Crippen molar-refractivity contribution in [3.8, 4) is 0 Å². The number of amidine groups is 1. The molecule has 1 aromatic carbocycles. The lowest BCUT2D eigenvalue weighted by molar-refractivity contribution is -0.378. The molecule has 0 unspecified atom stereocenters. The summed E-state index contributed by atoms with van der Waals surface area (Å²) < 4.78 is 38.6. The van der Waals surface area contributed by atoms with Gasteiger partial charge in [-0.25, -0.2) is 4.98 Å². The second kappa shape index (κ2) is 6.15. The van der Waals surface area contributed by atoms with Crippen LogP contribution in [0.1, 0.15) is 21.5 Å². The zero-order valence-corrected chi connectivity index (χ0v) is 11.7. The molecular formula is C14H10ClF3N3O+. The van der Waals surface area contributed by atoms with Gasteiger partial charge in [-0.2, -0.15) is 18.2 Å². The average molecular weight is 329 g/mol. The Kier molecular flexibility index (Phi) is 4.46. The summed E-state index contributed by atoms with van der Waals surface area (Å²) in [6.45, 7) is 0. The first-order valence-corrected chi connectivity index (χ1v) is 6.38. The molecule has 114 valence electrons. The Morgan fingerprint density at radius 1 is 1.18 bits per heavy atom. The molecule has 0 aliphatic rings. The molecule has 0 radical (unpaired) electrons. The minimum Gasteiger partial charge on any atom is -0.383 e. The number of aromatic nitrogens is 1. The molecule has 4 nitrogen and oxygen atoms in total. The maximum Gasteiger partial charge on any atom is 0.417 e. The van der Waals surface area contributed by atoms with Gasteiger partial charge in [-0.3, -0.25) is 4.79 Å². The zero-order valence-electron chi connectivity index (χ0n) is 11.0. The van der Waals surface area contributed by atoms with E-state index in [0.717, 1.165) is 18.5 Å². The normalized spacial score (nSPS) is 12.3. The number of pyridine rings is 1. The summed E-state index contributed by atoms with van der Waals surface area (Å²) in [6.07, 6.45) is -2.65. The molecule has 1 amide bonds. The van der Waals surface area contributed by atoms with Crippen LogP contribution in [0.15, 0.2) is 47.7 Å². The van der Waals surface area contributed by atoms with Crippen molar-refractivity contribution < 1.29 is 22.9 Å². The summed E-state index contributed by atoms with van der Waals surface area (Å²) in [5.74, 6) is -1.28. The maximum atomic E-state index is 12.9. The number of nitrogens with two attached hydrogens (primary N) is 1. The quantitative estimate of drug-likeness (QED) is 0.680. The Hall–Kier alpha value is -2.41. The van der Waals surface area contributed by atoms with Gasteiger partial charge in [-0.05, 0) is 24.3 Å². The predicted molar refractivity (Wildman–Crippen MR) is 74.5 cm³/mol. The fourth-order valence-corrected chi connectivity index (χ4v) is 1.84. The van der Waals surface area contributed by atoms with E-state index < -0.39 is 23.2 Å². The molecule has 8 heteroatoms. The number of aliphatic imine (C=N–C) groups is 1. The number of carbonyl (C=O) groups is 1. The third kappa shape index (κ3) is 3.62. The van der Waals surface area contributed by atoms with Crippen molar-refractivity contribution in [1.82, 2.24) is 0 Å².